The number of halogens is 3. The summed E-state index contributed by atoms with van der Waals surface area (Å²) in [6, 6.07) is 7.03. The number of methoxy groups -OCH3 is 1. The van der Waals surface area contributed by atoms with Crippen molar-refractivity contribution in [3.63, 3.8) is 0 Å². The molecule has 0 bridgehead atoms. The highest BCUT2D eigenvalue weighted by Crippen LogP contribution is 2.15. The second-order valence-electron chi connectivity index (χ2n) is 4.04. The normalized spacial score (nSPS) is 11.6. The number of hydrogen-bond acceptors (Lipinski definition) is 4. The maximum Gasteiger partial charge on any atom is 0.411 e. The molecule has 0 aliphatic heterocycles. The van der Waals surface area contributed by atoms with Crippen LogP contribution in [0.3, 0.4) is 0 Å². The SMILES string of the molecule is COCCNCc1ccc(OCOCC(F)(F)F)cc1. The minimum Gasteiger partial charge on any atom is -0.468 e. The van der Waals surface area contributed by atoms with Gasteiger partial charge >= 0.3 is 6.18 Å². The molecular formula is C13H18F3NO3. The first-order valence-corrected chi connectivity index (χ1v) is 6.07. The van der Waals surface area contributed by atoms with Crippen LogP contribution in [0, 0.1) is 0 Å². The van der Waals surface area contributed by atoms with Crippen molar-refractivity contribution in [2.75, 3.05) is 33.7 Å². The lowest BCUT2D eigenvalue weighted by Crippen LogP contribution is -2.19. The Balaban J connectivity index is 2.21. The first kappa shape index (κ1) is 16.7. The van der Waals surface area contributed by atoms with Gasteiger partial charge in [0.2, 0.25) is 0 Å². The van der Waals surface area contributed by atoms with Crippen LogP contribution in [0.15, 0.2) is 24.3 Å². The van der Waals surface area contributed by atoms with E-state index in [1.165, 1.54) is 0 Å². The van der Waals surface area contributed by atoms with Crippen LogP contribution in [0.25, 0.3) is 0 Å². The van der Waals surface area contributed by atoms with Crippen molar-refractivity contribution in [2.45, 2.75) is 12.7 Å². The quantitative estimate of drug-likeness (QED) is 0.560. The molecule has 114 valence electrons. The van der Waals surface area contributed by atoms with Gasteiger partial charge in [-0.15, -0.1) is 0 Å². The van der Waals surface area contributed by atoms with Gasteiger partial charge in [-0.2, -0.15) is 13.2 Å². The molecular weight excluding hydrogens is 275 g/mol. The van der Waals surface area contributed by atoms with E-state index in [9.17, 15) is 13.2 Å². The van der Waals surface area contributed by atoms with Crippen LogP contribution >= 0.6 is 0 Å². The number of hydrogen-bond donors (Lipinski definition) is 1. The molecule has 0 aliphatic rings. The summed E-state index contributed by atoms with van der Waals surface area (Å²) in [4.78, 5) is 0. The first-order chi connectivity index (χ1) is 9.51. The van der Waals surface area contributed by atoms with E-state index >= 15 is 0 Å². The molecule has 1 aromatic carbocycles. The van der Waals surface area contributed by atoms with Crippen LogP contribution in [0.1, 0.15) is 5.56 Å². The van der Waals surface area contributed by atoms with Crippen molar-refractivity contribution in [1.29, 1.82) is 0 Å². The molecule has 0 atom stereocenters. The zero-order chi connectivity index (χ0) is 14.8. The van der Waals surface area contributed by atoms with E-state index in [-0.39, 0.29) is 0 Å². The van der Waals surface area contributed by atoms with Gasteiger partial charge in [0, 0.05) is 20.2 Å². The summed E-state index contributed by atoms with van der Waals surface area (Å²) in [5.41, 5.74) is 1.05. The number of nitrogens with one attached hydrogen (secondary N) is 1. The van der Waals surface area contributed by atoms with Crippen molar-refractivity contribution < 1.29 is 27.4 Å². The Hall–Kier alpha value is -1.31. The highest BCUT2D eigenvalue weighted by Gasteiger charge is 2.27. The number of ether oxygens (including phenoxy) is 3. The zero-order valence-corrected chi connectivity index (χ0v) is 11.2. The summed E-state index contributed by atoms with van der Waals surface area (Å²) in [6.45, 7) is 0.339. The van der Waals surface area contributed by atoms with E-state index in [4.69, 9.17) is 9.47 Å². The van der Waals surface area contributed by atoms with Crippen molar-refractivity contribution in [3.8, 4) is 5.75 Å². The molecule has 1 N–H and O–H groups in total. The van der Waals surface area contributed by atoms with Gasteiger partial charge < -0.3 is 19.5 Å². The van der Waals surface area contributed by atoms with Crippen LogP contribution < -0.4 is 10.1 Å². The van der Waals surface area contributed by atoms with Crippen LogP contribution in [0.5, 0.6) is 5.75 Å². The van der Waals surface area contributed by atoms with Gasteiger partial charge in [0.1, 0.15) is 12.4 Å². The third-order valence-electron chi connectivity index (χ3n) is 2.31. The fourth-order valence-electron chi connectivity index (χ4n) is 1.38. The lowest BCUT2D eigenvalue weighted by Gasteiger charge is -2.10. The first-order valence-electron chi connectivity index (χ1n) is 6.07. The van der Waals surface area contributed by atoms with Gasteiger partial charge in [-0.25, -0.2) is 0 Å². The number of alkyl halides is 3. The Morgan fingerprint density at radius 1 is 1.15 bits per heavy atom. The summed E-state index contributed by atoms with van der Waals surface area (Å²) >= 11 is 0. The molecule has 0 radical (unpaired) electrons. The zero-order valence-electron chi connectivity index (χ0n) is 11.2. The van der Waals surface area contributed by atoms with Gasteiger partial charge in [-0.3, -0.25) is 0 Å². The van der Waals surface area contributed by atoms with Crippen molar-refractivity contribution in [3.05, 3.63) is 29.8 Å². The Bertz CT molecular complexity index is 368. The van der Waals surface area contributed by atoms with Crippen LogP contribution in [-0.2, 0) is 16.0 Å². The molecule has 1 rings (SSSR count). The minimum absolute atomic E-state index is 0.426. The average molecular weight is 293 g/mol. The largest absolute Gasteiger partial charge is 0.468 e. The highest BCUT2D eigenvalue weighted by atomic mass is 19.4. The molecule has 0 saturated heterocycles. The highest BCUT2D eigenvalue weighted by molar-refractivity contribution is 5.27. The average Bonchev–Trinajstić information content (AvgIpc) is 2.40. The summed E-state index contributed by atoms with van der Waals surface area (Å²) in [5.74, 6) is 0.466. The molecule has 0 heterocycles. The van der Waals surface area contributed by atoms with E-state index in [2.05, 4.69) is 10.1 Å². The molecule has 7 heteroatoms. The lowest BCUT2D eigenvalue weighted by atomic mass is 10.2. The van der Waals surface area contributed by atoms with E-state index in [0.29, 0.717) is 18.9 Å². The predicted molar refractivity (Wildman–Crippen MR) is 67.5 cm³/mol. The van der Waals surface area contributed by atoms with Crippen LogP contribution in [0.4, 0.5) is 13.2 Å². The topological polar surface area (TPSA) is 39.7 Å². The van der Waals surface area contributed by atoms with E-state index < -0.39 is 19.6 Å². The molecule has 0 spiro atoms. The fraction of sp³-hybridized carbons (Fsp3) is 0.538. The van der Waals surface area contributed by atoms with Crippen molar-refractivity contribution >= 4 is 0 Å². The van der Waals surface area contributed by atoms with E-state index in [0.717, 1.165) is 12.1 Å². The molecule has 0 fully saturated rings. The molecule has 0 unspecified atom stereocenters. The molecule has 0 saturated carbocycles. The fourth-order valence-corrected chi connectivity index (χ4v) is 1.38. The molecule has 4 nitrogen and oxygen atoms in total. The van der Waals surface area contributed by atoms with Gasteiger partial charge in [0.25, 0.3) is 0 Å². The summed E-state index contributed by atoms with van der Waals surface area (Å²) in [5, 5.41) is 3.18. The third kappa shape index (κ3) is 7.98. The molecule has 1 aromatic rings. The van der Waals surface area contributed by atoms with Gasteiger partial charge in [0.05, 0.1) is 6.61 Å². The lowest BCUT2D eigenvalue weighted by molar-refractivity contribution is -0.186. The molecule has 20 heavy (non-hydrogen) atoms. The minimum atomic E-state index is -4.33. The third-order valence-corrected chi connectivity index (χ3v) is 2.31. The second-order valence-corrected chi connectivity index (χ2v) is 4.04. The van der Waals surface area contributed by atoms with Crippen molar-refractivity contribution in [1.82, 2.24) is 5.32 Å². The standard InChI is InChI=1S/C13H18F3NO3/c1-18-7-6-17-8-11-2-4-12(5-3-11)20-10-19-9-13(14,15)16/h2-5,17H,6-10H2,1H3. The Kier molecular flexibility index (Phi) is 7.35. The van der Waals surface area contributed by atoms with Crippen molar-refractivity contribution in [2.24, 2.45) is 0 Å². The predicted octanol–water partition coefficient (Wildman–Crippen LogP) is 2.34. The maximum atomic E-state index is 11.8. The Morgan fingerprint density at radius 2 is 1.85 bits per heavy atom. The van der Waals surface area contributed by atoms with Gasteiger partial charge in [0.15, 0.2) is 6.79 Å². The summed E-state index contributed by atoms with van der Waals surface area (Å²) in [6.07, 6.45) is -4.33. The Labute approximate surface area is 115 Å². The summed E-state index contributed by atoms with van der Waals surface area (Å²) < 4.78 is 49.7. The maximum absolute atomic E-state index is 11.8. The summed E-state index contributed by atoms with van der Waals surface area (Å²) in [7, 11) is 1.63. The monoisotopic (exact) mass is 293 g/mol. The second kappa shape index (κ2) is 8.78. The molecule has 0 amide bonds. The Morgan fingerprint density at radius 3 is 2.45 bits per heavy atom. The van der Waals surface area contributed by atoms with Gasteiger partial charge in [-0.1, -0.05) is 12.1 Å². The smallest absolute Gasteiger partial charge is 0.411 e. The number of benzene rings is 1. The molecule has 0 aromatic heterocycles. The van der Waals surface area contributed by atoms with Gasteiger partial charge in [-0.05, 0) is 17.7 Å². The number of rotatable bonds is 9. The van der Waals surface area contributed by atoms with E-state index in [1.54, 1.807) is 19.2 Å². The van der Waals surface area contributed by atoms with Crippen LogP contribution in [-0.4, -0.2) is 39.8 Å². The molecule has 0 aliphatic carbocycles. The van der Waals surface area contributed by atoms with Crippen LogP contribution in [0.2, 0.25) is 0 Å². The van der Waals surface area contributed by atoms with E-state index in [1.807, 2.05) is 12.1 Å².